The minimum atomic E-state index is -0.931. The van der Waals surface area contributed by atoms with Gasteiger partial charge in [0, 0.05) is 18.3 Å². The zero-order chi connectivity index (χ0) is 22.4. The molecule has 8 heteroatoms. The molecule has 1 fully saturated rings. The third kappa shape index (κ3) is 4.85. The number of carbonyl (C=O) groups excluding carboxylic acids is 3. The van der Waals surface area contributed by atoms with E-state index >= 15 is 0 Å². The van der Waals surface area contributed by atoms with E-state index in [1.54, 1.807) is 48.5 Å². The molecule has 0 aliphatic carbocycles. The van der Waals surface area contributed by atoms with Crippen LogP contribution in [0.1, 0.15) is 13.3 Å². The van der Waals surface area contributed by atoms with Gasteiger partial charge in [-0.3, -0.25) is 9.59 Å². The van der Waals surface area contributed by atoms with E-state index in [-0.39, 0.29) is 18.9 Å². The molecule has 1 heterocycles. The fourth-order valence-corrected chi connectivity index (χ4v) is 3.36. The average Bonchev–Trinajstić information content (AvgIpc) is 2.99. The number of hydrogen-bond donors (Lipinski definition) is 1. The van der Waals surface area contributed by atoms with Crippen LogP contribution in [0.2, 0.25) is 0 Å². The summed E-state index contributed by atoms with van der Waals surface area (Å²) in [5, 5.41) is 2.76. The second-order valence-corrected chi connectivity index (χ2v) is 6.82. The number of carbonyl (C=O) groups is 3. The molecule has 0 radical (unpaired) electrons. The smallest absolute Gasteiger partial charge is 0.332 e. The van der Waals surface area contributed by atoms with Crippen LogP contribution in [0, 0.1) is 0 Å². The summed E-state index contributed by atoms with van der Waals surface area (Å²) in [5.74, 6) is 0.368. The van der Waals surface area contributed by atoms with E-state index in [1.807, 2.05) is 6.92 Å². The molecule has 0 spiro atoms. The van der Waals surface area contributed by atoms with Gasteiger partial charge < -0.3 is 19.7 Å². The number of ether oxygens (including phenoxy) is 2. The van der Waals surface area contributed by atoms with Crippen molar-refractivity contribution in [2.75, 3.05) is 30.5 Å². The van der Waals surface area contributed by atoms with Gasteiger partial charge in [0.25, 0.3) is 5.91 Å². The summed E-state index contributed by atoms with van der Waals surface area (Å²) >= 11 is 0. The first-order chi connectivity index (χ1) is 15.0. The van der Waals surface area contributed by atoms with E-state index in [0.717, 1.165) is 4.90 Å². The second-order valence-electron chi connectivity index (χ2n) is 6.82. The molecule has 1 aliphatic heterocycles. The number of hydrogen-bond acceptors (Lipinski definition) is 5. The van der Waals surface area contributed by atoms with Crippen molar-refractivity contribution in [1.29, 1.82) is 0 Å². The van der Waals surface area contributed by atoms with Gasteiger partial charge in [-0.25, -0.2) is 9.69 Å². The van der Waals surface area contributed by atoms with Crippen LogP contribution in [-0.4, -0.2) is 49.0 Å². The number of urea groups is 1. The summed E-state index contributed by atoms with van der Waals surface area (Å²) in [4.78, 5) is 41.1. The molecule has 3 rings (SSSR count). The van der Waals surface area contributed by atoms with Crippen molar-refractivity contribution in [3.05, 3.63) is 61.2 Å². The van der Waals surface area contributed by atoms with Crippen LogP contribution >= 0.6 is 0 Å². The van der Waals surface area contributed by atoms with Crippen LogP contribution < -0.4 is 19.7 Å². The van der Waals surface area contributed by atoms with Gasteiger partial charge in [0.2, 0.25) is 5.91 Å². The number of nitrogens with zero attached hydrogens (tertiary/aromatic N) is 2. The molecular weight excluding hydrogens is 398 g/mol. The third-order valence-electron chi connectivity index (χ3n) is 4.78. The molecule has 0 bridgehead atoms. The summed E-state index contributed by atoms with van der Waals surface area (Å²) in [6.07, 6.45) is 1.35. The monoisotopic (exact) mass is 423 g/mol. The first-order valence-electron chi connectivity index (χ1n) is 9.90. The summed E-state index contributed by atoms with van der Waals surface area (Å²) in [5.41, 5.74) is 0.961. The number of nitrogens with one attached hydrogen (secondary N) is 1. The Morgan fingerprint density at radius 2 is 1.90 bits per heavy atom. The molecule has 1 N–H and O–H groups in total. The fraction of sp³-hybridized carbons (Fsp3) is 0.261. The topological polar surface area (TPSA) is 88.2 Å². The number of methoxy groups -OCH3 is 1. The molecule has 2 aromatic rings. The maximum absolute atomic E-state index is 13.1. The quantitative estimate of drug-likeness (QED) is 0.493. The lowest BCUT2D eigenvalue weighted by Gasteiger charge is -2.19. The lowest BCUT2D eigenvalue weighted by atomic mass is 10.1. The largest absolute Gasteiger partial charge is 0.497 e. The Morgan fingerprint density at radius 1 is 1.16 bits per heavy atom. The Kier molecular flexibility index (Phi) is 6.92. The number of benzene rings is 2. The maximum Gasteiger partial charge on any atom is 0.332 e. The van der Waals surface area contributed by atoms with Crippen LogP contribution in [0.15, 0.2) is 61.2 Å². The van der Waals surface area contributed by atoms with Crippen molar-refractivity contribution in [2.24, 2.45) is 0 Å². The normalized spacial score (nSPS) is 15.7. The Morgan fingerprint density at radius 3 is 2.55 bits per heavy atom. The van der Waals surface area contributed by atoms with Gasteiger partial charge in [-0.1, -0.05) is 12.1 Å². The van der Waals surface area contributed by atoms with Crippen molar-refractivity contribution in [3.8, 4) is 11.5 Å². The van der Waals surface area contributed by atoms with Gasteiger partial charge in [-0.15, -0.1) is 6.58 Å². The predicted octanol–water partition coefficient (Wildman–Crippen LogP) is 3.45. The maximum atomic E-state index is 13.1. The molecule has 1 saturated heterocycles. The van der Waals surface area contributed by atoms with E-state index in [4.69, 9.17) is 9.47 Å². The fourth-order valence-electron chi connectivity index (χ4n) is 3.36. The van der Waals surface area contributed by atoms with Crippen LogP contribution in [-0.2, 0) is 9.59 Å². The summed E-state index contributed by atoms with van der Waals surface area (Å²) in [6.45, 7) is 6.24. The number of amides is 4. The Hall–Kier alpha value is -3.81. The van der Waals surface area contributed by atoms with Crippen molar-refractivity contribution in [2.45, 2.75) is 19.4 Å². The molecule has 8 nitrogen and oxygen atoms in total. The average molecular weight is 423 g/mol. The zero-order valence-electron chi connectivity index (χ0n) is 17.5. The van der Waals surface area contributed by atoms with Crippen LogP contribution in [0.5, 0.6) is 11.5 Å². The Labute approximate surface area is 181 Å². The SMILES string of the molecule is C=CCN1C(=O)N(c2cccc(OC)c2)C(=O)[C@@H]1CC(=O)Nc1ccc(OCC)cc1. The van der Waals surface area contributed by atoms with E-state index in [0.29, 0.717) is 29.5 Å². The van der Waals surface area contributed by atoms with Gasteiger partial charge >= 0.3 is 6.03 Å². The number of anilines is 2. The van der Waals surface area contributed by atoms with Gasteiger partial charge in [-0.05, 0) is 43.3 Å². The minimum absolute atomic E-state index is 0.145. The molecule has 2 aromatic carbocycles. The second kappa shape index (κ2) is 9.80. The van der Waals surface area contributed by atoms with E-state index < -0.39 is 18.0 Å². The summed E-state index contributed by atoms with van der Waals surface area (Å²) in [7, 11) is 1.50. The molecule has 162 valence electrons. The van der Waals surface area contributed by atoms with Crippen molar-refractivity contribution >= 4 is 29.2 Å². The molecule has 0 aromatic heterocycles. The first kappa shape index (κ1) is 21.9. The summed E-state index contributed by atoms with van der Waals surface area (Å²) in [6, 6.07) is 12.2. The standard InChI is InChI=1S/C23H25N3O5/c1-4-13-25-20(15-21(27)24-16-9-11-18(12-10-16)31-5-2)22(28)26(23(25)29)17-7-6-8-19(14-17)30-3/h4,6-12,14,20H,1,5,13,15H2,2-3H3,(H,24,27)/t20-/m0/s1. The number of rotatable bonds is 9. The van der Waals surface area contributed by atoms with Crippen LogP contribution in [0.25, 0.3) is 0 Å². The van der Waals surface area contributed by atoms with Crippen molar-refractivity contribution < 1.29 is 23.9 Å². The molecule has 0 saturated carbocycles. The first-order valence-corrected chi connectivity index (χ1v) is 9.90. The Balaban J connectivity index is 1.76. The van der Waals surface area contributed by atoms with Gasteiger partial charge in [0.1, 0.15) is 17.5 Å². The van der Waals surface area contributed by atoms with E-state index in [1.165, 1.54) is 18.1 Å². The van der Waals surface area contributed by atoms with Crippen LogP contribution in [0.4, 0.5) is 16.2 Å². The van der Waals surface area contributed by atoms with Gasteiger partial charge in [0.15, 0.2) is 0 Å². The lowest BCUT2D eigenvalue weighted by molar-refractivity contribution is -0.124. The number of imide groups is 1. The van der Waals surface area contributed by atoms with Gasteiger partial charge in [-0.2, -0.15) is 0 Å². The zero-order valence-corrected chi connectivity index (χ0v) is 17.5. The highest BCUT2D eigenvalue weighted by atomic mass is 16.5. The predicted molar refractivity (Wildman–Crippen MR) is 117 cm³/mol. The molecule has 1 aliphatic rings. The van der Waals surface area contributed by atoms with E-state index in [2.05, 4.69) is 11.9 Å². The van der Waals surface area contributed by atoms with Crippen molar-refractivity contribution in [3.63, 3.8) is 0 Å². The lowest BCUT2D eigenvalue weighted by Crippen LogP contribution is -2.38. The molecule has 0 unspecified atom stereocenters. The summed E-state index contributed by atoms with van der Waals surface area (Å²) < 4.78 is 10.6. The third-order valence-corrected chi connectivity index (χ3v) is 4.78. The van der Waals surface area contributed by atoms with Crippen molar-refractivity contribution in [1.82, 2.24) is 4.90 Å². The van der Waals surface area contributed by atoms with E-state index in [9.17, 15) is 14.4 Å². The van der Waals surface area contributed by atoms with Crippen LogP contribution in [0.3, 0.4) is 0 Å². The minimum Gasteiger partial charge on any atom is -0.497 e. The highest BCUT2D eigenvalue weighted by molar-refractivity contribution is 6.22. The highest BCUT2D eigenvalue weighted by Gasteiger charge is 2.46. The highest BCUT2D eigenvalue weighted by Crippen LogP contribution is 2.29. The molecular formula is C23H25N3O5. The molecule has 1 atom stereocenters. The Bertz CT molecular complexity index is 973. The van der Waals surface area contributed by atoms with Gasteiger partial charge in [0.05, 0.1) is 25.8 Å². The molecule has 4 amide bonds. The molecule has 31 heavy (non-hydrogen) atoms.